The molecule has 0 aromatic carbocycles. The lowest BCUT2D eigenvalue weighted by Crippen LogP contribution is -2.47. The van der Waals surface area contributed by atoms with Crippen molar-refractivity contribution in [2.24, 2.45) is 13.0 Å². The average molecular weight is 332 g/mol. The Morgan fingerprint density at radius 3 is 2.79 bits per heavy atom. The fourth-order valence-corrected chi connectivity index (χ4v) is 4.43. The number of rotatable bonds is 5. The zero-order valence-electron chi connectivity index (χ0n) is 15.2. The molecule has 3 rings (SSSR count). The third-order valence-electron chi connectivity index (χ3n) is 5.79. The molecule has 134 valence electrons. The lowest BCUT2D eigenvalue weighted by molar-refractivity contribution is 0.185. The van der Waals surface area contributed by atoms with Crippen molar-refractivity contribution in [1.29, 1.82) is 0 Å². The first-order valence-electron chi connectivity index (χ1n) is 9.67. The van der Waals surface area contributed by atoms with E-state index in [4.69, 9.17) is 0 Å². The molecule has 0 unspecified atom stereocenters. The molecule has 2 amide bonds. The number of amides is 2. The summed E-state index contributed by atoms with van der Waals surface area (Å²) in [6.45, 7) is 3.04. The summed E-state index contributed by atoms with van der Waals surface area (Å²) < 4.78 is 1.92. The summed E-state index contributed by atoms with van der Waals surface area (Å²) in [6, 6.07) is 2.77. The maximum absolute atomic E-state index is 12.7. The number of aryl methyl sites for hydroxylation is 1. The van der Waals surface area contributed by atoms with E-state index in [2.05, 4.69) is 23.4 Å². The van der Waals surface area contributed by atoms with Crippen molar-refractivity contribution < 1.29 is 4.79 Å². The van der Waals surface area contributed by atoms with Gasteiger partial charge in [0.1, 0.15) is 0 Å². The van der Waals surface area contributed by atoms with E-state index >= 15 is 0 Å². The lowest BCUT2D eigenvalue weighted by atomic mass is 9.85. The molecule has 1 aliphatic carbocycles. The first-order valence-corrected chi connectivity index (χ1v) is 9.67. The van der Waals surface area contributed by atoms with Crippen LogP contribution in [-0.2, 0) is 13.5 Å². The first kappa shape index (κ1) is 17.3. The van der Waals surface area contributed by atoms with Gasteiger partial charge in [0.05, 0.1) is 0 Å². The molecule has 1 saturated carbocycles. The second kappa shape index (κ2) is 8.04. The van der Waals surface area contributed by atoms with Gasteiger partial charge in [-0.25, -0.2) is 4.79 Å². The quantitative estimate of drug-likeness (QED) is 0.897. The Morgan fingerprint density at radius 2 is 2.08 bits per heavy atom. The van der Waals surface area contributed by atoms with E-state index in [1.807, 2.05) is 22.8 Å². The highest BCUT2D eigenvalue weighted by atomic mass is 16.2. The zero-order valence-corrected chi connectivity index (χ0v) is 15.2. The van der Waals surface area contributed by atoms with Crippen LogP contribution in [0.4, 0.5) is 4.79 Å². The third-order valence-corrected chi connectivity index (χ3v) is 5.79. The monoisotopic (exact) mass is 332 g/mol. The van der Waals surface area contributed by atoms with Gasteiger partial charge in [0.25, 0.3) is 0 Å². The standard InChI is InChI=1S/C19H32N4O/c1-15(13-16-7-4-3-5-8-16)21-19(24)23-12-6-9-18(23)14-17-10-11-20-22(17)2/h10-11,15-16,18H,3-9,12-14H2,1-2H3,(H,21,24)/t15-,18-/m0/s1. The Balaban J connectivity index is 1.50. The van der Waals surface area contributed by atoms with E-state index in [9.17, 15) is 4.79 Å². The zero-order chi connectivity index (χ0) is 16.9. The maximum Gasteiger partial charge on any atom is 0.317 e. The first-order chi connectivity index (χ1) is 11.6. The molecule has 1 aromatic rings. The SMILES string of the molecule is C[C@@H](CC1CCCCC1)NC(=O)N1CCC[C@H]1Cc1ccnn1C. The summed E-state index contributed by atoms with van der Waals surface area (Å²) in [5, 5.41) is 7.50. The van der Waals surface area contributed by atoms with Gasteiger partial charge in [0, 0.05) is 44.0 Å². The van der Waals surface area contributed by atoms with Crippen molar-refractivity contribution in [3.05, 3.63) is 18.0 Å². The summed E-state index contributed by atoms with van der Waals surface area (Å²) in [7, 11) is 1.97. The fraction of sp³-hybridized carbons (Fsp3) is 0.789. The molecule has 0 radical (unpaired) electrons. The molecule has 2 fully saturated rings. The van der Waals surface area contributed by atoms with Crippen LogP contribution in [0.1, 0.15) is 64.0 Å². The third kappa shape index (κ3) is 4.31. The Hall–Kier alpha value is -1.52. The molecule has 1 saturated heterocycles. The van der Waals surface area contributed by atoms with Crippen molar-refractivity contribution in [2.75, 3.05) is 6.54 Å². The Bertz CT molecular complexity index is 535. The van der Waals surface area contributed by atoms with Crippen LogP contribution < -0.4 is 5.32 Å². The number of carbonyl (C=O) groups is 1. The molecule has 0 bridgehead atoms. The van der Waals surface area contributed by atoms with E-state index < -0.39 is 0 Å². The average Bonchev–Trinajstić information content (AvgIpc) is 3.18. The second-order valence-corrected chi connectivity index (χ2v) is 7.73. The minimum atomic E-state index is 0.128. The van der Waals surface area contributed by atoms with E-state index in [0.717, 1.165) is 38.1 Å². The van der Waals surface area contributed by atoms with Crippen LogP contribution >= 0.6 is 0 Å². The molecule has 2 atom stereocenters. The predicted molar refractivity (Wildman–Crippen MR) is 95.8 cm³/mol. The van der Waals surface area contributed by atoms with Gasteiger partial charge in [-0.05, 0) is 38.2 Å². The molecule has 2 heterocycles. The van der Waals surface area contributed by atoms with Gasteiger partial charge in [-0.2, -0.15) is 5.10 Å². The number of likely N-dealkylation sites (tertiary alicyclic amines) is 1. The molecular weight excluding hydrogens is 300 g/mol. The largest absolute Gasteiger partial charge is 0.336 e. The molecule has 0 spiro atoms. The molecule has 2 aliphatic rings. The normalized spacial score (nSPS) is 23.4. The fourth-order valence-electron chi connectivity index (χ4n) is 4.43. The van der Waals surface area contributed by atoms with Crippen LogP contribution in [0.15, 0.2) is 12.3 Å². The van der Waals surface area contributed by atoms with Crippen LogP contribution in [-0.4, -0.2) is 39.3 Å². The van der Waals surface area contributed by atoms with Crippen LogP contribution in [0.2, 0.25) is 0 Å². The highest BCUT2D eigenvalue weighted by Gasteiger charge is 2.30. The smallest absolute Gasteiger partial charge is 0.317 e. The number of carbonyl (C=O) groups excluding carboxylic acids is 1. The van der Waals surface area contributed by atoms with Crippen molar-refractivity contribution >= 4 is 6.03 Å². The van der Waals surface area contributed by atoms with E-state index in [0.29, 0.717) is 6.04 Å². The van der Waals surface area contributed by atoms with Crippen LogP contribution in [0, 0.1) is 5.92 Å². The topological polar surface area (TPSA) is 50.2 Å². The van der Waals surface area contributed by atoms with Crippen LogP contribution in [0.5, 0.6) is 0 Å². The summed E-state index contributed by atoms with van der Waals surface area (Å²) >= 11 is 0. The van der Waals surface area contributed by atoms with Gasteiger partial charge >= 0.3 is 6.03 Å². The lowest BCUT2D eigenvalue weighted by Gasteiger charge is -2.29. The van der Waals surface area contributed by atoms with Crippen LogP contribution in [0.3, 0.4) is 0 Å². The highest BCUT2D eigenvalue weighted by Crippen LogP contribution is 2.27. The van der Waals surface area contributed by atoms with Gasteiger partial charge in [-0.1, -0.05) is 32.1 Å². The molecule has 1 aliphatic heterocycles. The van der Waals surface area contributed by atoms with Gasteiger partial charge in [-0.3, -0.25) is 4.68 Å². The van der Waals surface area contributed by atoms with E-state index in [1.165, 1.54) is 37.8 Å². The van der Waals surface area contributed by atoms with Gasteiger partial charge < -0.3 is 10.2 Å². The second-order valence-electron chi connectivity index (χ2n) is 7.73. The van der Waals surface area contributed by atoms with Gasteiger partial charge in [0.15, 0.2) is 0 Å². The van der Waals surface area contributed by atoms with Crippen molar-refractivity contribution in [1.82, 2.24) is 20.0 Å². The molecule has 5 heteroatoms. The molecule has 24 heavy (non-hydrogen) atoms. The summed E-state index contributed by atoms with van der Waals surface area (Å²) in [4.78, 5) is 14.8. The molecular formula is C19H32N4O. The molecule has 1 N–H and O–H groups in total. The summed E-state index contributed by atoms with van der Waals surface area (Å²) in [5.41, 5.74) is 1.20. The number of hydrogen-bond acceptors (Lipinski definition) is 2. The van der Waals surface area contributed by atoms with Gasteiger partial charge in [-0.15, -0.1) is 0 Å². The van der Waals surface area contributed by atoms with Gasteiger partial charge in [0.2, 0.25) is 0 Å². The summed E-state index contributed by atoms with van der Waals surface area (Å²) in [6.07, 6.45) is 12.9. The van der Waals surface area contributed by atoms with Crippen LogP contribution in [0.25, 0.3) is 0 Å². The molecule has 1 aromatic heterocycles. The van der Waals surface area contributed by atoms with Crippen molar-refractivity contribution in [3.63, 3.8) is 0 Å². The van der Waals surface area contributed by atoms with Crippen molar-refractivity contribution in [2.45, 2.75) is 76.8 Å². The minimum absolute atomic E-state index is 0.128. The Labute approximate surface area is 145 Å². The highest BCUT2D eigenvalue weighted by molar-refractivity contribution is 5.75. The van der Waals surface area contributed by atoms with Crippen molar-refractivity contribution in [3.8, 4) is 0 Å². The van der Waals surface area contributed by atoms with E-state index in [1.54, 1.807) is 0 Å². The van der Waals surface area contributed by atoms with E-state index in [-0.39, 0.29) is 12.1 Å². The number of hydrogen-bond donors (Lipinski definition) is 1. The Morgan fingerprint density at radius 1 is 1.29 bits per heavy atom. The maximum atomic E-state index is 12.7. The number of urea groups is 1. The Kier molecular flexibility index (Phi) is 5.80. The number of aromatic nitrogens is 2. The molecule has 5 nitrogen and oxygen atoms in total. The number of nitrogens with one attached hydrogen (secondary N) is 1. The summed E-state index contributed by atoms with van der Waals surface area (Å²) in [5.74, 6) is 0.804. The number of nitrogens with zero attached hydrogens (tertiary/aromatic N) is 3. The predicted octanol–water partition coefficient (Wildman–Crippen LogP) is 3.50. The minimum Gasteiger partial charge on any atom is -0.336 e.